The number of rotatable bonds is 3. The van der Waals surface area contributed by atoms with Crippen LogP contribution in [0, 0.1) is 6.92 Å². The van der Waals surface area contributed by atoms with E-state index in [1.54, 1.807) is 0 Å². The molecule has 5 heteroatoms. The molecular formula is C19H17N3S2. The van der Waals surface area contributed by atoms with Crippen LogP contribution >= 0.6 is 24.0 Å². The summed E-state index contributed by atoms with van der Waals surface area (Å²) in [5.41, 5.74) is 5.87. The Kier molecular flexibility index (Phi) is 4.12. The van der Waals surface area contributed by atoms with Gasteiger partial charge in [0.15, 0.2) is 0 Å². The fourth-order valence-electron chi connectivity index (χ4n) is 2.96. The Morgan fingerprint density at radius 2 is 2.21 bits per heavy atom. The van der Waals surface area contributed by atoms with Crippen LogP contribution in [0.15, 0.2) is 61.1 Å². The van der Waals surface area contributed by atoms with E-state index in [1.165, 1.54) is 16.8 Å². The molecule has 0 spiro atoms. The standard InChI is InChI=1S/C19H17N3S2/c1-13-4-2-5-14(10-13)18(23)21-16-7-9-22-17(16)12-24-19(22)15-6-3-8-20-11-15/h2-11,19H,12H2,1H3,(H,21,23). The van der Waals surface area contributed by atoms with Crippen LogP contribution < -0.4 is 5.32 Å². The number of fused-ring (bicyclic) bond motifs is 1. The zero-order valence-electron chi connectivity index (χ0n) is 13.3. The number of pyridine rings is 1. The number of hydrogen-bond donors (Lipinski definition) is 1. The number of nitrogens with zero attached hydrogens (tertiary/aromatic N) is 2. The van der Waals surface area contributed by atoms with Gasteiger partial charge in [-0.25, -0.2) is 0 Å². The van der Waals surface area contributed by atoms with Gasteiger partial charge in [0.05, 0.1) is 11.4 Å². The second kappa shape index (κ2) is 6.42. The summed E-state index contributed by atoms with van der Waals surface area (Å²) in [6, 6.07) is 14.5. The second-order valence-electron chi connectivity index (χ2n) is 5.86. The number of nitrogens with one attached hydrogen (secondary N) is 1. The Bertz CT molecular complexity index is 887. The van der Waals surface area contributed by atoms with Crippen LogP contribution in [0.4, 0.5) is 5.69 Å². The van der Waals surface area contributed by atoms with Crippen molar-refractivity contribution in [2.24, 2.45) is 0 Å². The van der Waals surface area contributed by atoms with Crippen LogP contribution in [0.2, 0.25) is 0 Å². The second-order valence-corrected chi connectivity index (χ2v) is 7.33. The molecule has 0 bridgehead atoms. The highest BCUT2D eigenvalue weighted by Gasteiger charge is 2.26. The minimum Gasteiger partial charge on any atom is -0.345 e. The molecule has 0 amide bonds. The van der Waals surface area contributed by atoms with Gasteiger partial charge in [-0.3, -0.25) is 4.98 Å². The molecule has 4 rings (SSSR count). The van der Waals surface area contributed by atoms with Gasteiger partial charge in [-0.15, -0.1) is 11.8 Å². The topological polar surface area (TPSA) is 29.9 Å². The van der Waals surface area contributed by atoms with E-state index in [9.17, 15) is 0 Å². The molecule has 1 unspecified atom stereocenters. The van der Waals surface area contributed by atoms with Crippen LogP contribution in [0.25, 0.3) is 0 Å². The van der Waals surface area contributed by atoms with E-state index in [-0.39, 0.29) is 5.37 Å². The molecule has 0 saturated carbocycles. The maximum atomic E-state index is 5.59. The lowest BCUT2D eigenvalue weighted by Gasteiger charge is -2.12. The molecule has 1 N–H and O–H groups in total. The molecule has 0 radical (unpaired) electrons. The van der Waals surface area contributed by atoms with Crippen LogP contribution in [-0.4, -0.2) is 14.5 Å². The number of benzene rings is 1. The van der Waals surface area contributed by atoms with E-state index < -0.39 is 0 Å². The molecule has 3 nitrogen and oxygen atoms in total. The molecule has 1 aliphatic rings. The lowest BCUT2D eigenvalue weighted by Crippen LogP contribution is -2.11. The highest BCUT2D eigenvalue weighted by Crippen LogP contribution is 2.43. The van der Waals surface area contributed by atoms with E-state index in [4.69, 9.17) is 12.2 Å². The first-order valence-electron chi connectivity index (χ1n) is 7.81. The number of hydrogen-bond acceptors (Lipinski definition) is 3. The largest absolute Gasteiger partial charge is 0.345 e. The van der Waals surface area contributed by atoms with Crippen LogP contribution in [0.5, 0.6) is 0 Å². The quantitative estimate of drug-likeness (QED) is 0.688. The van der Waals surface area contributed by atoms with Crippen LogP contribution in [0.3, 0.4) is 0 Å². The van der Waals surface area contributed by atoms with Gasteiger partial charge in [0, 0.05) is 35.5 Å². The predicted molar refractivity (Wildman–Crippen MR) is 105 cm³/mol. The molecule has 3 heterocycles. The Labute approximate surface area is 151 Å². The molecule has 0 fully saturated rings. The summed E-state index contributed by atoms with van der Waals surface area (Å²) < 4.78 is 2.31. The molecule has 0 saturated heterocycles. The van der Waals surface area contributed by atoms with Gasteiger partial charge >= 0.3 is 0 Å². The lowest BCUT2D eigenvalue weighted by molar-refractivity contribution is 0.778. The summed E-state index contributed by atoms with van der Waals surface area (Å²) in [6.45, 7) is 2.08. The van der Waals surface area contributed by atoms with Gasteiger partial charge in [-0.2, -0.15) is 0 Å². The monoisotopic (exact) mass is 351 g/mol. The number of thioether (sulfide) groups is 1. The fraction of sp³-hybridized carbons (Fsp3) is 0.158. The van der Waals surface area contributed by atoms with Crippen molar-refractivity contribution in [1.29, 1.82) is 0 Å². The lowest BCUT2D eigenvalue weighted by atomic mass is 10.1. The van der Waals surface area contributed by atoms with Crippen molar-refractivity contribution in [3.63, 3.8) is 0 Å². The molecule has 120 valence electrons. The van der Waals surface area contributed by atoms with Crippen molar-refractivity contribution in [3.05, 3.63) is 83.4 Å². The summed E-state index contributed by atoms with van der Waals surface area (Å²) in [4.78, 5) is 5.01. The third-order valence-electron chi connectivity index (χ3n) is 4.15. The molecule has 1 atom stereocenters. The van der Waals surface area contributed by atoms with Crippen molar-refractivity contribution in [2.45, 2.75) is 18.1 Å². The molecule has 2 aromatic heterocycles. The third kappa shape index (κ3) is 2.85. The predicted octanol–water partition coefficient (Wildman–Crippen LogP) is 4.77. The number of aryl methyl sites for hydroxylation is 1. The molecule has 24 heavy (non-hydrogen) atoms. The van der Waals surface area contributed by atoms with Gasteiger partial charge in [-0.1, -0.05) is 42.0 Å². The Hall–Kier alpha value is -2.11. The molecule has 1 aromatic carbocycles. The highest BCUT2D eigenvalue weighted by atomic mass is 32.2. The third-order valence-corrected chi connectivity index (χ3v) is 5.75. The smallest absolute Gasteiger partial charge is 0.111 e. The molecule has 3 aromatic rings. The Morgan fingerprint density at radius 1 is 1.29 bits per heavy atom. The zero-order chi connectivity index (χ0) is 16.5. The summed E-state index contributed by atoms with van der Waals surface area (Å²) in [5, 5.41) is 3.71. The first kappa shape index (κ1) is 15.4. The summed E-state index contributed by atoms with van der Waals surface area (Å²) in [7, 11) is 0. The van der Waals surface area contributed by atoms with E-state index >= 15 is 0 Å². The molecule has 0 aliphatic carbocycles. The van der Waals surface area contributed by atoms with Crippen molar-refractivity contribution >= 4 is 34.7 Å². The first-order valence-corrected chi connectivity index (χ1v) is 9.27. The molecular weight excluding hydrogens is 334 g/mol. The van der Waals surface area contributed by atoms with Crippen molar-refractivity contribution in [2.75, 3.05) is 5.32 Å². The van der Waals surface area contributed by atoms with Crippen LogP contribution in [0.1, 0.15) is 27.8 Å². The van der Waals surface area contributed by atoms with E-state index in [2.05, 4.69) is 52.3 Å². The van der Waals surface area contributed by atoms with E-state index in [0.29, 0.717) is 0 Å². The highest BCUT2D eigenvalue weighted by molar-refractivity contribution is 7.99. The fourth-order valence-corrected chi connectivity index (χ4v) is 4.51. The Morgan fingerprint density at radius 3 is 3.00 bits per heavy atom. The average molecular weight is 352 g/mol. The minimum atomic E-state index is 0.289. The summed E-state index contributed by atoms with van der Waals surface area (Å²) in [5.74, 6) is 0.964. The van der Waals surface area contributed by atoms with Crippen molar-refractivity contribution in [3.8, 4) is 0 Å². The average Bonchev–Trinajstić information content (AvgIpc) is 3.19. The maximum absolute atomic E-state index is 5.59. The number of thiocarbonyl (C=S) groups is 1. The van der Waals surface area contributed by atoms with Gasteiger partial charge in [0.2, 0.25) is 0 Å². The first-order chi connectivity index (χ1) is 11.7. The zero-order valence-corrected chi connectivity index (χ0v) is 14.9. The van der Waals surface area contributed by atoms with Crippen LogP contribution in [-0.2, 0) is 5.75 Å². The number of aromatic nitrogens is 2. The SMILES string of the molecule is Cc1cccc(C(=S)Nc2ccn3c2CSC3c2cccnc2)c1. The normalized spacial score (nSPS) is 16.0. The maximum Gasteiger partial charge on any atom is 0.111 e. The summed E-state index contributed by atoms with van der Waals surface area (Å²) >= 11 is 7.50. The minimum absolute atomic E-state index is 0.289. The number of anilines is 1. The van der Waals surface area contributed by atoms with E-state index in [0.717, 1.165) is 22.0 Å². The van der Waals surface area contributed by atoms with Gasteiger partial charge in [0.25, 0.3) is 0 Å². The van der Waals surface area contributed by atoms with Gasteiger partial charge in [-0.05, 0) is 25.1 Å². The summed E-state index contributed by atoms with van der Waals surface area (Å²) in [6.07, 6.45) is 5.89. The van der Waals surface area contributed by atoms with Crippen molar-refractivity contribution in [1.82, 2.24) is 9.55 Å². The molecule has 1 aliphatic heterocycles. The Balaban J connectivity index is 1.58. The van der Waals surface area contributed by atoms with Crippen molar-refractivity contribution < 1.29 is 0 Å². The van der Waals surface area contributed by atoms with Gasteiger partial charge < -0.3 is 9.88 Å². The van der Waals surface area contributed by atoms with Gasteiger partial charge in [0.1, 0.15) is 10.4 Å². The van der Waals surface area contributed by atoms with E-state index in [1.807, 2.05) is 42.4 Å².